The smallest absolute Gasteiger partial charge is 0.230 e. The van der Waals surface area contributed by atoms with Gasteiger partial charge in [-0.1, -0.05) is 6.07 Å². The molecule has 1 aromatic rings. The molecule has 0 atom stereocenters. The number of amides is 1. The first-order valence-corrected chi connectivity index (χ1v) is 8.40. The number of methoxy groups -OCH3 is 1. The van der Waals surface area contributed by atoms with Crippen LogP contribution in [0, 0.1) is 5.41 Å². The predicted octanol–water partition coefficient (Wildman–Crippen LogP) is 2.58. The molecule has 22 heavy (non-hydrogen) atoms. The maximum Gasteiger partial charge on any atom is 0.230 e. The van der Waals surface area contributed by atoms with Gasteiger partial charge in [0.2, 0.25) is 5.91 Å². The Bertz CT molecular complexity index is 451. The third-order valence-corrected chi connectivity index (χ3v) is 5.64. The van der Waals surface area contributed by atoms with Crippen LogP contribution in [0.5, 0.6) is 0 Å². The molecule has 0 spiro atoms. The standard InChI is InChI=1S/C16H26N2O2S.ClH/c1-15(2,13-5-4-10-21-13)14(19)18-11-16(12-20-3)6-8-17-9-7-16;/h4-5,10,17H,6-9,11-12H2,1-3H3,(H,18,19);1H. The minimum Gasteiger partial charge on any atom is -0.384 e. The Labute approximate surface area is 143 Å². The highest BCUT2D eigenvalue weighted by molar-refractivity contribution is 7.10. The SMILES string of the molecule is COCC1(CNC(=O)C(C)(C)c2cccs2)CCNCC1.Cl. The third kappa shape index (κ3) is 4.44. The molecular formula is C16H27ClN2O2S. The van der Waals surface area contributed by atoms with Crippen LogP contribution in [0.15, 0.2) is 17.5 Å². The van der Waals surface area contributed by atoms with E-state index in [0.29, 0.717) is 13.2 Å². The van der Waals surface area contributed by atoms with E-state index in [1.807, 2.05) is 31.4 Å². The van der Waals surface area contributed by atoms with Crippen LogP contribution in [-0.4, -0.2) is 39.3 Å². The lowest BCUT2D eigenvalue weighted by atomic mass is 9.79. The molecule has 0 radical (unpaired) electrons. The van der Waals surface area contributed by atoms with E-state index in [0.717, 1.165) is 30.8 Å². The van der Waals surface area contributed by atoms with Crippen LogP contribution in [0.1, 0.15) is 31.6 Å². The second-order valence-corrected chi connectivity index (χ2v) is 7.42. The number of carbonyl (C=O) groups is 1. The second-order valence-electron chi connectivity index (χ2n) is 6.47. The molecule has 6 heteroatoms. The van der Waals surface area contributed by atoms with Gasteiger partial charge in [0.25, 0.3) is 0 Å². The van der Waals surface area contributed by atoms with Crippen LogP contribution >= 0.6 is 23.7 Å². The van der Waals surface area contributed by atoms with Gasteiger partial charge in [-0.25, -0.2) is 0 Å². The summed E-state index contributed by atoms with van der Waals surface area (Å²) in [5.74, 6) is 0.0963. The Balaban J connectivity index is 0.00000242. The molecule has 0 bridgehead atoms. The molecule has 1 amide bonds. The first kappa shape index (κ1) is 19.4. The van der Waals surface area contributed by atoms with Crippen molar-refractivity contribution >= 4 is 29.7 Å². The Morgan fingerprint density at radius 3 is 2.68 bits per heavy atom. The van der Waals surface area contributed by atoms with Crippen molar-refractivity contribution in [2.24, 2.45) is 5.41 Å². The molecule has 0 aliphatic carbocycles. The number of hydrogen-bond donors (Lipinski definition) is 2. The zero-order valence-corrected chi connectivity index (χ0v) is 15.2. The first-order valence-electron chi connectivity index (χ1n) is 7.52. The Kier molecular flexibility index (Phi) is 7.32. The minimum atomic E-state index is -0.477. The van der Waals surface area contributed by atoms with E-state index in [1.165, 1.54) is 0 Å². The van der Waals surface area contributed by atoms with Gasteiger partial charge in [0.05, 0.1) is 12.0 Å². The van der Waals surface area contributed by atoms with E-state index < -0.39 is 5.41 Å². The van der Waals surface area contributed by atoms with Crippen LogP contribution in [0.2, 0.25) is 0 Å². The summed E-state index contributed by atoms with van der Waals surface area (Å²) in [6.45, 7) is 7.35. The van der Waals surface area contributed by atoms with Crippen LogP contribution in [0.3, 0.4) is 0 Å². The average Bonchev–Trinajstić information content (AvgIpc) is 3.01. The molecule has 4 nitrogen and oxygen atoms in total. The van der Waals surface area contributed by atoms with Crippen molar-refractivity contribution in [3.63, 3.8) is 0 Å². The molecule has 1 aromatic heterocycles. The van der Waals surface area contributed by atoms with E-state index in [9.17, 15) is 4.79 Å². The fourth-order valence-electron chi connectivity index (χ4n) is 2.87. The zero-order chi connectivity index (χ0) is 15.3. The Morgan fingerprint density at radius 1 is 1.45 bits per heavy atom. The molecule has 1 fully saturated rings. The summed E-state index contributed by atoms with van der Waals surface area (Å²) in [4.78, 5) is 13.7. The summed E-state index contributed by atoms with van der Waals surface area (Å²) in [6, 6.07) is 4.02. The molecule has 2 rings (SSSR count). The molecule has 2 heterocycles. The number of thiophene rings is 1. The maximum absolute atomic E-state index is 12.6. The summed E-state index contributed by atoms with van der Waals surface area (Å²) in [6.07, 6.45) is 2.08. The molecule has 1 aliphatic heterocycles. The minimum absolute atomic E-state index is 0. The third-order valence-electron chi connectivity index (χ3n) is 4.44. The quantitative estimate of drug-likeness (QED) is 0.832. The number of nitrogens with one attached hydrogen (secondary N) is 2. The van der Waals surface area contributed by atoms with Gasteiger partial charge in [-0.15, -0.1) is 23.7 Å². The molecule has 0 saturated carbocycles. The summed E-state index contributed by atoms with van der Waals surface area (Å²) < 4.78 is 5.40. The lowest BCUT2D eigenvalue weighted by Crippen LogP contribution is -2.50. The maximum atomic E-state index is 12.6. The largest absolute Gasteiger partial charge is 0.384 e. The van der Waals surface area contributed by atoms with Crippen molar-refractivity contribution in [2.75, 3.05) is 33.4 Å². The molecule has 126 valence electrons. The fourth-order valence-corrected chi connectivity index (χ4v) is 3.72. The molecule has 1 aliphatic rings. The molecule has 1 saturated heterocycles. The van der Waals surface area contributed by atoms with Gasteiger partial charge in [0, 0.05) is 23.9 Å². The van der Waals surface area contributed by atoms with E-state index in [2.05, 4.69) is 10.6 Å². The van der Waals surface area contributed by atoms with Crippen molar-refractivity contribution in [2.45, 2.75) is 32.1 Å². The first-order chi connectivity index (χ1) is 10.0. The highest BCUT2D eigenvalue weighted by Gasteiger charge is 2.36. The topological polar surface area (TPSA) is 50.4 Å². The summed E-state index contributed by atoms with van der Waals surface area (Å²) in [5, 5.41) is 8.56. The van der Waals surface area contributed by atoms with Crippen molar-refractivity contribution in [1.29, 1.82) is 0 Å². The van der Waals surface area contributed by atoms with Gasteiger partial charge in [0.15, 0.2) is 0 Å². The van der Waals surface area contributed by atoms with Crippen LogP contribution in [-0.2, 0) is 14.9 Å². The number of carbonyl (C=O) groups excluding carboxylic acids is 1. The summed E-state index contributed by atoms with van der Waals surface area (Å²) in [5.41, 5.74) is -0.406. The lowest BCUT2D eigenvalue weighted by molar-refractivity contribution is -0.126. The second kappa shape index (κ2) is 8.29. The monoisotopic (exact) mass is 346 g/mol. The molecule has 0 aromatic carbocycles. The van der Waals surface area contributed by atoms with E-state index in [1.54, 1.807) is 18.4 Å². The summed E-state index contributed by atoms with van der Waals surface area (Å²) in [7, 11) is 1.74. The van der Waals surface area contributed by atoms with Crippen molar-refractivity contribution in [1.82, 2.24) is 10.6 Å². The summed E-state index contributed by atoms with van der Waals surface area (Å²) >= 11 is 1.63. The molecule has 0 unspecified atom stereocenters. The predicted molar refractivity (Wildman–Crippen MR) is 94.0 cm³/mol. The fraction of sp³-hybridized carbons (Fsp3) is 0.688. The van der Waals surface area contributed by atoms with Crippen LogP contribution < -0.4 is 10.6 Å². The normalized spacial score (nSPS) is 17.6. The molecular weight excluding hydrogens is 320 g/mol. The average molecular weight is 347 g/mol. The van der Waals surface area contributed by atoms with Gasteiger partial charge < -0.3 is 15.4 Å². The number of halogens is 1. The van der Waals surface area contributed by atoms with E-state index in [-0.39, 0.29) is 23.7 Å². The number of hydrogen-bond acceptors (Lipinski definition) is 4. The molecule has 2 N–H and O–H groups in total. The highest BCUT2D eigenvalue weighted by atomic mass is 35.5. The highest BCUT2D eigenvalue weighted by Crippen LogP contribution is 2.30. The van der Waals surface area contributed by atoms with Crippen molar-refractivity contribution < 1.29 is 9.53 Å². The van der Waals surface area contributed by atoms with E-state index >= 15 is 0 Å². The van der Waals surface area contributed by atoms with Crippen LogP contribution in [0.25, 0.3) is 0 Å². The van der Waals surface area contributed by atoms with Crippen molar-refractivity contribution in [3.8, 4) is 0 Å². The number of ether oxygens (including phenoxy) is 1. The van der Waals surface area contributed by atoms with Gasteiger partial charge in [-0.2, -0.15) is 0 Å². The van der Waals surface area contributed by atoms with Gasteiger partial charge in [-0.3, -0.25) is 4.79 Å². The van der Waals surface area contributed by atoms with Gasteiger partial charge in [0.1, 0.15) is 0 Å². The number of piperidine rings is 1. The number of rotatable bonds is 6. The Hall–Kier alpha value is -0.620. The van der Waals surface area contributed by atoms with Crippen molar-refractivity contribution in [3.05, 3.63) is 22.4 Å². The Morgan fingerprint density at radius 2 is 2.14 bits per heavy atom. The van der Waals surface area contributed by atoms with Gasteiger partial charge in [-0.05, 0) is 51.2 Å². The van der Waals surface area contributed by atoms with Crippen LogP contribution in [0.4, 0.5) is 0 Å². The van der Waals surface area contributed by atoms with E-state index in [4.69, 9.17) is 4.74 Å². The van der Waals surface area contributed by atoms with Gasteiger partial charge >= 0.3 is 0 Å². The zero-order valence-electron chi connectivity index (χ0n) is 13.6. The lowest BCUT2D eigenvalue weighted by Gasteiger charge is -2.38.